The van der Waals surface area contributed by atoms with Gasteiger partial charge >= 0.3 is 0 Å². The first-order chi connectivity index (χ1) is 6.90. The number of nitrogens with two attached hydrogens (primary N) is 1. The predicted molar refractivity (Wildman–Crippen MR) is 79.5 cm³/mol. The summed E-state index contributed by atoms with van der Waals surface area (Å²) in [4.78, 5) is 6.40. The van der Waals surface area contributed by atoms with Crippen molar-refractivity contribution in [1.82, 2.24) is 10.2 Å². The first kappa shape index (κ1) is 18.3. The van der Waals surface area contributed by atoms with Gasteiger partial charge in [0.1, 0.15) is 0 Å². The molecule has 0 saturated carbocycles. The normalized spacial score (nSPS) is 12.5. The monoisotopic (exact) mass is 344 g/mol. The van der Waals surface area contributed by atoms with Gasteiger partial charge in [-0.15, -0.1) is 24.0 Å². The molecule has 0 saturated heterocycles. The number of hydrogen-bond acceptors (Lipinski definition) is 3. The maximum Gasteiger partial charge on any atom is 0.188 e. The summed E-state index contributed by atoms with van der Waals surface area (Å²) in [5.74, 6) is 0.474. The second kappa shape index (κ2) is 9.00. The second-order valence-electron chi connectivity index (χ2n) is 4.33. The highest BCUT2D eigenvalue weighted by atomic mass is 127. The third kappa shape index (κ3) is 8.12. The Labute approximate surface area is 116 Å². The molecular weight excluding hydrogens is 319 g/mol. The van der Waals surface area contributed by atoms with Crippen LogP contribution in [0.1, 0.15) is 13.8 Å². The van der Waals surface area contributed by atoms with Crippen molar-refractivity contribution in [2.24, 2.45) is 10.7 Å². The van der Waals surface area contributed by atoms with E-state index in [1.54, 1.807) is 7.11 Å². The van der Waals surface area contributed by atoms with Gasteiger partial charge in [-0.3, -0.25) is 4.99 Å². The van der Waals surface area contributed by atoms with Gasteiger partial charge in [0.05, 0.1) is 13.2 Å². The number of nitrogens with one attached hydrogen (secondary N) is 1. The number of nitrogens with zero attached hydrogens (tertiary/aromatic N) is 2. The minimum Gasteiger partial charge on any atom is -0.383 e. The Morgan fingerprint density at radius 1 is 1.44 bits per heavy atom. The van der Waals surface area contributed by atoms with Gasteiger partial charge in [0.25, 0.3) is 0 Å². The van der Waals surface area contributed by atoms with Crippen LogP contribution in [0.25, 0.3) is 0 Å². The fourth-order valence-corrected chi connectivity index (χ4v) is 0.757. The predicted octanol–water partition coefficient (Wildman–Crippen LogP) is 0.495. The minimum atomic E-state index is 0. The van der Waals surface area contributed by atoms with Crippen molar-refractivity contribution in [3.8, 4) is 0 Å². The molecule has 3 N–H and O–H groups in total. The maximum absolute atomic E-state index is 5.69. The van der Waals surface area contributed by atoms with Crippen molar-refractivity contribution in [3.05, 3.63) is 0 Å². The highest BCUT2D eigenvalue weighted by molar-refractivity contribution is 14.0. The van der Waals surface area contributed by atoms with E-state index in [0.717, 1.165) is 0 Å². The summed E-state index contributed by atoms with van der Waals surface area (Å²) in [6, 6.07) is 0. The summed E-state index contributed by atoms with van der Waals surface area (Å²) in [6.07, 6.45) is 0. The molecule has 0 aliphatic heterocycles. The van der Waals surface area contributed by atoms with Gasteiger partial charge in [0, 0.05) is 19.2 Å². The number of likely N-dealkylation sites (N-methyl/N-ethyl adjacent to an activating group) is 1. The number of guanidine groups is 1. The van der Waals surface area contributed by atoms with Crippen molar-refractivity contribution >= 4 is 29.9 Å². The largest absolute Gasteiger partial charge is 0.383 e. The van der Waals surface area contributed by atoms with Gasteiger partial charge in [-0.05, 0) is 27.9 Å². The standard InChI is InChI=1S/C10H24N4O.HI/c1-10(2,14(3)4)8-13-9(11)12-6-7-15-5;/h6-8H2,1-5H3,(H3,11,12,13);1H. The highest BCUT2D eigenvalue weighted by Gasteiger charge is 2.19. The first-order valence-corrected chi connectivity index (χ1v) is 5.10. The Bertz CT molecular complexity index is 207. The molecule has 98 valence electrons. The molecule has 0 aliphatic carbocycles. The van der Waals surface area contributed by atoms with E-state index < -0.39 is 0 Å². The summed E-state index contributed by atoms with van der Waals surface area (Å²) in [7, 11) is 5.72. The van der Waals surface area contributed by atoms with Crippen LogP contribution >= 0.6 is 24.0 Å². The average molecular weight is 344 g/mol. The maximum atomic E-state index is 5.69. The summed E-state index contributed by atoms with van der Waals surface area (Å²) >= 11 is 0. The van der Waals surface area contributed by atoms with Crippen molar-refractivity contribution in [2.75, 3.05) is 40.9 Å². The van der Waals surface area contributed by atoms with Crippen LogP contribution in [0.3, 0.4) is 0 Å². The first-order valence-electron chi connectivity index (χ1n) is 5.10. The molecule has 0 spiro atoms. The van der Waals surface area contributed by atoms with Crippen molar-refractivity contribution in [1.29, 1.82) is 0 Å². The van der Waals surface area contributed by atoms with E-state index in [9.17, 15) is 0 Å². The Kier molecular flexibility index (Phi) is 10.3. The Balaban J connectivity index is 0. The van der Waals surface area contributed by atoms with Gasteiger partial charge in [0.15, 0.2) is 5.96 Å². The van der Waals surface area contributed by atoms with Crippen LogP contribution in [-0.4, -0.2) is 57.3 Å². The van der Waals surface area contributed by atoms with Crippen LogP contribution in [-0.2, 0) is 4.74 Å². The minimum absolute atomic E-state index is 0. The number of ether oxygens (including phenoxy) is 1. The van der Waals surface area contributed by atoms with E-state index in [4.69, 9.17) is 10.5 Å². The van der Waals surface area contributed by atoms with Gasteiger partial charge in [0.2, 0.25) is 0 Å². The van der Waals surface area contributed by atoms with Crippen molar-refractivity contribution in [3.63, 3.8) is 0 Å². The summed E-state index contributed by atoms with van der Waals surface area (Å²) in [5.41, 5.74) is 5.71. The molecule has 16 heavy (non-hydrogen) atoms. The molecule has 0 radical (unpaired) electrons. The molecule has 0 unspecified atom stereocenters. The van der Waals surface area contributed by atoms with E-state index in [1.165, 1.54) is 0 Å². The number of rotatable bonds is 6. The lowest BCUT2D eigenvalue weighted by Crippen LogP contribution is -2.43. The topological polar surface area (TPSA) is 62.9 Å². The number of hydrogen-bond donors (Lipinski definition) is 2. The van der Waals surface area contributed by atoms with Gasteiger partial charge in [-0.25, -0.2) is 0 Å². The SMILES string of the molecule is COCCNC(N)=NCC(C)(C)N(C)C.I. The Hall–Kier alpha value is -0.0800. The second-order valence-corrected chi connectivity index (χ2v) is 4.33. The molecule has 0 aliphatic rings. The molecule has 0 amide bonds. The lowest BCUT2D eigenvalue weighted by molar-refractivity contribution is 0.202. The molecule has 0 heterocycles. The quantitative estimate of drug-likeness (QED) is 0.319. The van der Waals surface area contributed by atoms with E-state index in [2.05, 4.69) is 29.1 Å². The third-order valence-corrected chi connectivity index (χ3v) is 2.46. The molecule has 0 aromatic heterocycles. The molecule has 0 aromatic carbocycles. The molecule has 0 atom stereocenters. The van der Waals surface area contributed by atoms with Crippen LogP contribution in [0.15, 0.2) is 4.99 Å². The van der Waals surface area contributed by atoms with E-state index in [0.29, 0.717) is 25.7 Å². The summed E-state index contributed by atoms with van der Waals surface area (Å²) < 4.78 is 4.89. The Morgan fingerprint density at radius 3 is 2.44 bits per heavy atom. The molecule has 5 nitrogen and oxygen atoms in total. The zero-order chi connectivity index (χ0) is 11.9. The van der Waals surface area contributed by atoms with E-state index in [-0.39, 0.29) is 29.5 Å². The van der Waals surface area contributed by atoms with Crippen LogP contribution in [0.4, 0.5) is 0 Å². The highest BCUT2D eigenvalue weighted by Crippen LogP contribution is 2.09. The van der Waals surface area contributed by atoms with Gasteiger partial charge in [-0.1, -0.05) is 0 Å². The van der Waals surface area contributed by atoms with Crippen molar-refractivity contribution < 1.29 is 4.74 Å². The Morgan fingerprint density at radius 2 is 2.00 bits per heavy atom. The van der Waals surface area contributed by atoms with E-state index in [1.807, 2.05) is 14.1 Å². The van der Waals surface area contributed by atoms with E-state index >= 15 is 0 Å². The molecule has 0 aromatic rings. The summed E-state index contributed by atoms with van der Waals surface area (Å²) in [6.45, 7) is 6.24. The number of halogens is 1. The summed E-state index contributed by atoms with van der Waals surface area (Å²) in [5, 5.41) is 2.98. The van der Waals surface area contributed by atoms with Crippen LogP contribution in [0.5, 0.6) is 0 Å². The molecule has 0 bridgehead atoms. The fourth-order valence-electron chi connectivity index (χ4n) is 0.757. The molecule has 6 heteroatoms. The van der Waals surface area contributed by atoms with Crippen LogP contribution in [0.2, 0.25) is 0 Å². The average Bonchev–Trinajstić information content (AvgIpc) is 2.15. The third-order valence-electron chi connectivity index (χ3n) is 2.46. The zero-order valence-corrected chi connectivity index (χ0v) is 13.2. The lowest BCUT2D eigenvalue weighted by atomic mass is 10.1. The zero-order valence-electron chi connectivity index (χ0n) is 10.9. The van der Waals surface area contributed by atoms with Gasteiger partial charge in [-0.2, -0.15) is 0 Å². The molecular formula is C10H25IN4O. The van der Waals surface area contributed by atoms with Crippen molar-refractivity contribution in [2.45, 2.75) is 19.4 Å². The van der Waals surface area contributed by atoms with Gasteiger partial charge < -0.3 is 20.7 Å². The van der Waals surface area contributed by atoms with Crippen LogP contribution < -0.4 is 11.1 Å². The molecule has 0 rings (SSSR count). The lowest BCUT2D eigenvalue weighted by Gasteiger charge is -2.30. The number of aliphatic imine (C=N–C) groups is 1. The smallest absolute Gasteiger partial charge is 0.188 e. The van der Waals surface area contributed by atoms with Crippen LogP contribution in [0, 0.1) is 0 Å². The molecule has 0 fully saturated rings. The fraction of sp³-hybridized carbons (Fsp3) is 0.900. The number of methoxy groups -OCH3 is 1.